The smallest absolute Gasteiger partial charge is 0.254 e. The van der Waals surface area contributed by atoms with Crippen LogP contribution in [-0.2, 0) is 19.3 Å². The van der Waals surface area contributed by atoms with Gasteiger partial charge >= 0.3 is 0 Å². The Morgan fingerprint density at radius 2 is 2.16 bits per heavy atom. The molecule has 0 unspecified atom stereocenters. The topological polar surface area (TPSA) is 67.8 Å². The van der Waals surface area contributed by atoms with Crippen LogP contribution in [0.2, 0.25) is 0 Å². The van der Waals surface area contributed by atoms with E-state index in [1.807, 2.05) is 0 Å². The van der Waals surface area contributed by atoms with Crippen molar-refractivity contribution >= 4 is 17.2 Å². The molecule has 2 aromatic rings. The highest BCUT2D eigenvalue weighted by molar-refractivity contribution is 7.11. The van der Waals surface area contributed by atoms with E-state index in [1.54, 1.807) is 11.3 Å². The number of amides is 1. The van der Waals surface area contributed by atoms with Gasteiger partial charge in [0.05, 0.1) is 16.3 Å². The number of thiazole rings is 1. The van der Waals surface area contributed by atoms with Gasteiger partial charge in [0, 0.05) is 30.2 Å². The summed E-state index contributed by atoms with van der Waals surface area (Å²) in [6, 6.07) is 0. The van der Waals surface area contributed by atoms with E-state index in [1.165, 1.54) is 42.1 Å². The first-order valence-corrected chi connectivity index (χ1v) is 7.15. The molecule has 0 radical (unpaired) electrons. The number of hydrogen-bond acceptors (Lipinski definition) is 5. The Labute approximate surface area is 115 Å². The van der Waals surface area contributed by atoms with Crippen molar-refractivity contribution in [3.05, 3.63) is 39.9 Å². The number of carbonyl (C=O) groups excluding carboxylic acids is 1. The Hall–Kier alpha value is -1.82. The van der Waals surface area contributed by atoms with Crippen molar-refractivity contribution in [3.63, 3.8) is 0 Å². The minimum Gasteiger partial charge on any atom is -0.352 e. The van der Waals surface area contributed by atoms with Crippen molar-refractivity contribution < 1.29 is 4.79 Å². The predicted molar refractivity (Wildman–Crippen MR) is 72.2 cm³/mol. The van der Waals surface area contributed by atoms with Gasteiger partial charge in [-0.3, -0.25) is 4.79 Å². The first-order chi connectivity index (χ1) is 9.33. The van der Waals surface area contributed by atoms with Crippen LogP contribution in [0.3, 0.4) is 0 Å². The van der Waals surface area contributed by atoms with Crippen LogP contribution < -0.4 is 5.32 Å². The zero-order valence-corrected chi connectivity index (χ0v) is 11.2. The fourth-order valence-electron chi connectivity index (χ4n) is 2.15. The maximum absolute atomic E-state index is 11.8. The fraction of sp³-hybridized carbons (Fsp3) is 0.385. The SMILES string of the molecule is O=C(NCCc1nc2c(s1)CCC2)c1cncnc1. The van der Waals surface area contributed by atoms with E-state index in [2.05, 4.69) is 20.3 Å². The number of fused-ring (bicyclic) bond motifs is 1. The standard InChI is InChI=1S/C13H14N4OS/c18-13(9-6-14-8-15-7-9)16-5-4-12-17-10-2-1-3-11(10)19-12/h6-8H,1-5H2,(H,16,18). The summed E-state index contributed by atoms with van der Waals surface area (Å²) in [4.78, 5) is 25.4. The van der Waals surface area contributed by atoms with Crippen LogP contribution in [0.15, 0.2) is 18.7 Å². The molecule has 19 heavy (non-hydrogen) atoms. The molecule has 1 aliphatic carbocycles. The summed E-state index contributed by atoms with van der Waals surface area (Å²) >= 11 is 1.78. The van der Waals surface area contributed by atoms with E-state index in [0.29, 0.717) is 12.1 Å². The summed E-state index contributed by atoms with van der Waals surface area (Å²) in [6.07, 6.45) is 8.74. The van der Waals surface area contributed by atoms with Crippen LogP contribution in [0.1, 0.15) is 32.4 Å². The van der Waals surface area contributed by atoms with Crippen LogP contribution in [-0.4, -0.2) is 27.4 Å². The lowest BCUT2D eigenvalue weighted by atomic mass is 10.3. The summed E-state index contributed by atoms with van der Waals surface area (Å²) in [5, 5.41) is 3.98. The molecule has 0 bridgehead atoms. The zero-order valence-electron chi connectivity index (χ0n) is 10.4. The van der Waals surface area contributed by atoms with Gasteiger partial charge in [0.25, 0.3) is 5.91 Å². The van der Waals surface area contributed by atoms with Crippen molar-refractivity contribution in [3.8, 4) is 0 Å². The maximum Gasteiger partial charge on any atom is 0.254 e. The van der Waals surface area contributed by atoms with Gasteiger partial charge in [-0.05, 0) is 19.3 Å². The molecule has 0 atom stereocenters. The number of aromatic nitrogens is 3. The Bertz CT molecular complexity index is 560. The number of carbonyl (C=O) groups is 1. The first-order valence-electron chi connectivity index (χ1n) is 6.33. The highest BCUT2D eigenvalue weighted by Gasteiger charge is 2.16. The molecule has 0 fully saturated rings. The maximum atomic E-state index is 11.8. The molecule has 0 aromatic carbocycles. The molecule has 6 heteroatoms. The molecule has 0 saturated carbocycles. The largest absolute Gasteiger partial charge is 0.352 e. The van der Waals surface area contributed by atoms with Crippen molar-refractivity contribution in [1.29, 1.82) is 0 Å². The van der Waals surface area contributed by atoms with Crippen molar-refractivity contribution in [2.45, 2.75) is 25.7 Å². The Morgan fingerprint density at radius 3 is 2.95 bits per heavy atom. The molecule has 0 saturated heterocycles. The van der Waals surface area contributed by atoms with E-state index in [9.17, 15) is 4.79 Å². The molecular formula is C13H14N4OS. The molecule has 2 heterocycles. The van der Waals surface area contributed by atoms with Crippen molar-refractivity contribution in [1.82, 2.24) is 20.3 Å². The Balaban J connectivity index is 1.51. The van der Waals surface area contributed by atoms with Crippen molar-refractivity contribution in [2.24, 2.45) is 0 Å². The molecule has 0 spiro atoms. The van der Waals surface area contributed by atoms with Gasteiger partial charge in [-0.25, -0.2) is 15.0 Å². The molecule has 98 valence electrons. The third-order valence-electron chi connectivity index (χ3n) is 3.09. The summed E-state index contributed by atoms with van der Waals surface area (Å²) < 4.78 is 0. The van der Waals surface area contributed by atoms with Gasteiger partial charge in [0.15, 0.2) is 0 Å². The van der Waals surface area contributed by atoms with Gasteiger partial charge in [-0.15, -0.1) is 11.3 Å². The summed E-state index contributed by atoms with van der Waals surface area (Å²) in [5.74, 6) is -0.135. The lowest BCUT2D eigenvalue weighted by molar-refractivity contribution is 0.0953. The van der Waals surface area contributed by atoms with E-state index in [-0.39, 0.29) is 5.91 Å². The summed E-state index contributed by atoms with van der Waals surface area (Å²) in [5.41, 5.74) is 1.76. The molecular weight excluding hydrogens is 260 g/mol. The first kappa shape index (κ1) is 12.2. The fourth-order valence-corrected chi connectivity index (χ4v) is 3.31. The van der Waals surface area contributed by atoms with Gasteiger partial charge in [-0.2, -0.15) is 0 Å². The zero-order chi connectivity index (χ0) is 13.1. The molecule has 1 aliphatic rings. The highest BCUT2D eigenvalue weighted by Crippen LogP contribution is 2.27. The Morgan fingerprint density at radius 1 is 1.32 bits per heavy atom. The van der Waals surface area contributed by atoms with E-state index >= 15 is 0 Å². The third kappa shape index (κ3) is 2.78. The molecule has 1 N–H and O–H groups in total. The second-order valence-electron chi connectivity index (χ2n) is 4.46. The third-order valence-corrected chi connectivity index (χ3v) is 4.30. The highest BCUT2D eigenvalue weighted by atomic mass is 32.1. The molecule has 5 nitrogen and oxygen atoms in total. The normalized spacial score (nSPS) is 13.3. The average Bonchev–Trinajstić information content (AvgIpc) is 3.00. The van der Waals surface area contributed by atoms with E-state index < -0.39 is 0 Å². The predicted octanol–water partition coefficient (Wildman–Crippen LogP) is 1.39. The van der Waals surface area contributed by atoms with Gasteiger partial charge in [-0.1, -0.05) is 0 Å². The van der Waals surface area contributed by atoms with Crippen LogP contribution in [0.5, 0.6) is 0 Å². The van der Waals surface area contributed by atoms with E-state index in [4.69, 9.17) is 0 Å². The molecule has 0 aliphatic heterocycles. The number of hydrogen-bond donors (Lipinski definition) is 1. The minimum atomic E-state index is -0.135. The Kier molecular flexibility index (Phi) is 3.50. The lowest BCUT2D eigenvalue weighted by Crippen LogP contribution is -2.25. The van der Waals surface area contributed by atoms with E-state index in [0.717, 1.165) is 17.8 Å². The van der Waals surface area contributed by atoms with Gasteiger partial charge < -0.3 is 5.32 Å². The van der Waals surface area contributed by atoms with Gasteiger partial charge in [0.2, 0.25) is 0 Å². The minimum absolute atomic E-state index is 0.135. The monoisotopic (exact) mass is 274 g/mol. The summed E-state index contributed by atoms with van der Waals surface area (Å²) in [7, 11) is 0. The molecule has 2 aromatic heterocycles. The number of nitrogens with one attached hydrogen (secondary N) is 1. The molecule has 3 rings (SSSR count). The second kappa shape index (κ2) is 5.44. The van der Waals surface area contributed by atoms with Crippen LogP contribution >= 0.6 is 11.3 Å². The quantitative estimate of drug-likeness (QED) is 0.915. The molecule has 1 amide bonds. The number of nitrogens with zero attached hydrogens (tertiary/aromatic N) is 3. The lowest BCUT2D eigenvalue weighted by Gasteiger charge is -2.02. The van der Waals surface area contributed by atoms with Crippen LogP contribution in [0.25, 0.3) is 0 Å². The second-order valence-corrected chi connectivity index (χ2v) is 5.63. The summed E-state index contributed by atoms with van der Waals surface area (Å²) in [6.45, 7) is 0.597. The average molecular weight is 274 g/mol. The van der Waals surface area contributed by atoms with Crippen LogP contribution in [0.4, 0.5) is 0 Å². The number of rotatable bonds is 4. The van der Waals surface area contributed by atoms with Crippen LogP contribution in [0, 0.1) is 0 Å². The number of aryl methyl sites for hydroxylation is 2. The van der Waals surface area contributed by atoms with Crippen molar-refractivity contribution in [2.75, 3.05) is 6.54 Å². The van der Waals surface area contributed by atoms with Gasteiger partial charge in [0.1, 0.15) is 6.33 Å².